The smallest absolute Gasteiger partial charge is 0.186 e. The van der Waals surface area contributed by atoms with Gasteiger partial charge >= 0.3 is 0 Å². The van der Waals surface area contributed by atoms with Gasteiger partial charge in [0.05, 0.1) is 13.2 Å². The third-order valence-electron chi connectivity index (χ3n) is 3.06. The number of hydrogen-bond acceptors (Lipinski definition) is 4. The molecule has 4 nitrogen and oxygen atoms in total. The van der Waals surface area contributed by atoms with Crippen LogP contribution in [0.15, 0.2) is 18.2 Å². The molecule has 4 atom stereocenters. The van der Waals surface area contributed by atoms with Crippen LogP contribution in [0.4, 0.5) is 4.39 Å². The molecule has 0 spiro atoms. The average molecular weight is 325 g/mol. The van der Waals surface area contributed by atoms with Gasteiger partial charge in [-0.3, -0.25) is 0 Å². The van der Waals surface area contributed by atoms with E-state index in [1.54, 1.807) is 18.2 Å². The summed E-state index contributed by atoms with van der Waals surface area (Å²) in [5, 5.41) is 10.5. The highest BCUT2D eigenvalue weighted by Gasteiger charge is 2.44. The van der Waals surface area contributed by atoms with Crippen LogP contribution in [0.2, 0.25) is 10.0 Å². The zero-order valence-corrected chi connectivity index (χ0v) is 12.3. The van der Waals surface area contributed by atoms with Gasteiger partial charge in [0.2, 0.25) is 0 Å². The minimum absolute atomic E-state index is 0.00293. The Balaban J connectivity index is 1.84. The van der Waals surface area contributed by atoms with Crippen molar-refractivity contribution in [1.82, 2.24) is 0 Å². The van der Waals surface area contributed by atoms with Gasteiger partial charge in [-0.1, -0.05) is 29.3 Å². The lowest BCUT2D eigenvalue weighted by atomic mass is 10.2. The van der Waals surface area contributed by atoms with Gasteiger partial charge in [0.1, 0.15) is 12.2 Å². The molecule has 1 aliphatic rings. The summed E-state index contributed by atoms with van der Waals surface area (Å²) in [6.07, 6.45) is -4.66. The maximum atomic E-state index is 13.7. The molecule has 1 heterocycles. The van der Waals surface area contributed by atoms with Crippen molar-refractivity contribution in [1.29, 1.82) is 0 Å². The van der Waals surface area contributed by atoms with E-state index in [1.807, 2.05) is 0 Å². The maximum Gasteiger partial charge on any atom is 0.186 e. The fourth-order valence-corrected chi connectivity index (χ4v) is 2.41. The minimum Gasteiger partial charge on any atom is -0.385 e. The van der Waals surface area contributed by atoms with Crippen LogP contribution < -0.4 is 0 Å². The summed E-state index contributed by atoms with van der Waals surface area (Å²) in [5.41, 5.74) is 0.744. The third-order valence-corrected chi connectivity index (χ3v) is 3.64. The average Bonchev–Trinajstić information content (AvgIpc) is 2.69. The lowest BCUT2D eigenvalue weighted by Gasteiger charge is -2.13. The van der Waals surface area contributed by atoms with Crippen LogP contribution in [0.5, 0.6) is 0 Å². The van der Waals surface area contributed by atoms with E-state index in [0.29, 0.717) is 10.0 Å². The van der Waals surface area contributed by atoms with E-state index in [9.17, 15) is 9.50 Å². The van der Waals surface area contributed by atoms with Crippen LogP contribution in [0.1, 0.15) is 5.56 Å². The fourth-order valence-electron chi connectivity index (χ4n) is 1.95. The lowest BCUT2D eigenvalue weighted by Crippen LogP contribution is -2.31. The quantitative estimate of drug-likeness (QED) is 0.904. The molecule has 1 N–H and O–H groups in total. The maximum absolute atomic E-state index is 13.7. The lowest BCUT2D eigenvalue weighted by molar-refractivity contribution is -0.156. The Hall–Kier alpha value is -0.430. The monoisotopic (exact) mass is 324 g/mol. The third kappa shape index (κ3) is 3.61. The van der Waals surface area contributed by atoms with Crippen molar-refractivity contribution in [2.24, 2.45) is 0 Å². The SMILES string of the molecule is CO[C@H]1O[C@H](COCc2ccc(Cl)cc2Cl)[C@@H](F)[C@@H]1O. The van der Waals surface area contributed by atoms with Crippen LogP contribution in [0, 0.1) is 0 Å². The molecule has 0 bridgehead atoms. The van der Waals surface area contributed by atoms with Crippen molar-refractivity contribution in [3.05, 3.63) is 33.8 Å². The van der Waals surface area contributed by atoms with E-state index in [2.05, 4.69) is 0 Å². The topological polar surface area (TPSA) is 47.9 Å². The molecule has 0 amide bonds. The first-order valence-corrected chi connectivity index (χ1v) is 6.80. The Labute approximate surface area is 126 Å². The highest BCUT2D eigenvalue weighted by molar-refractivity contribution is 6.35. The number of aliphatic hydroxyl groups is 1. The second-order valence-electron chi connectivity index (χ2n) is 4.46. The van der Waals surface area contributed by atoms with E-state index in [1.165, 1.54) is 7.11 Å². The largest absolute Gasteiger partial charge is 0.385 e. The molecule has 2 rings (SSSR count). The zero-order chi connectivity index (χ0) is 14.7. The van der Waals surface area contributed by atoms with Crippen LogP contribution in [-0.2, 0) is 20.8 Å². The summed E-state index contributed by atoms with van der Waals surface area (Å²) in [5.74, 6) is 0. The zero-order valence-electron chi connectivity index (χ0n) is 10.8. The number of rotatable bonds is 5. The molecule has 1 aromatic carbocycles. The van der Waals surface area contributed by atoms with Crippen LogP contribution in [0.25, 0.3) is 0 Å². The summed E-state index contributed by atoms with van der Waals surface area (Å²) < 4.78 is 29.1. The van der Waals surface area contributed by atoms with Gasteiger partial charge in [0.15, 0.2) is 12.5 Å². The Morgan fingerprint density at radius 2 is 2.15 bits per heavy atom. The fraction of sp³-hybridized carbons (Fsp3) is 0.538. The number of aliphatic hydroxyl groups excluding tert-OH is 1. The number of ether oxygens (including phenoxy) is 3. The van der Waals surface area contributed by atoms with Crippen molar-refractivity contribution >= 4 is 23.2 Å². The molecule has 112 valence electrons. The Kier molecular flexibility index (Phi) is 5.60. The van der Waals surface area contributed by atoms with Gasteiger partial charge in [0, 0.05) is 17.2 Å². The van der Waals surface area contributed by atoms with E-state index >= 15 is 0 Å². The molecule has 1 aromatic rings. The summed E-state index contributed by atoms with van der Waals surface area (Å²) in [4.78, 5) is 0. The van der Waals surface area contributed by atoms with Gasteiger partial charge in [-0.15, -0.1) is 0 Å². The van der Waals surface area contributed by atoms with Gasteiger partial charge in [-0.05, 0) is 17.7 Å². The van der Waals surface area contributed by atoms with Crippen LogP contribution in [-0.4, -0.2) is 43.5 Å². The molecule has 1 aliphatic heterocycles. The van der Waals surface area contributed by atoms with Gasteiger partial charge in [0.25, 0.3) is 0 Å². The molecule has 1 fully saturated rings. The predicted molar refractivity (Wildman–Crippen MR) is 72.7 cm³/mol. The van der Waals surface area contributed by atoms with Gasteiger partial charge in [-0.2, -0.15) is 0 Å². The molecular formula is C13H15Cl2FO4. The number of alkyl halides is 1. The molecule has 0 radical (unpaired) electrons. The van der Waals surface area contributed by atoms with Crippen molar-refractivity contribution in [3.8, 4) is 0 Å². The van der Waals surface area contributed by atoms with Crippen molar-refractivity contribution in [2.45, 2.75) is 31.3 Å². The molecule has 0 saturated carbocycles. The van der Waals surface area contributed by atoms with Gasteiger partial charge in [-0.25, -0.2) is 4.39 Å². The molecule has 0 aliphatic carbocycles. The summed E-state index contributed by atoms with van der Waals surface area (Å²) in [6.45, 7) is 0.202. The minimum atomic E-state index is -1.54. The highest BCUT2D eigenvalue weighted by Crippen LogP contribution is 2.26. The van der Waals surface area contributed by atoms with Crippen molar-refractivity contribution in [2.75, 3.05) is 13.7 Å². The summed E-state index contributed by atoms with van der Waals surface area (Å²) >= 11 is 11.8. The summed E-state index contributed by atoms with van der Waals surface area (Å²) in [6, 6.07) is 5.04. The normalized spacial score (nSPS) is 29.9. The number of hydrogen-bond donors (Lipinski definition) is 1. The number of benzene rings is 1. The van der Waals surface area contributed by atoms with E-state index in [4.69, 9.17) is 37.4 Å². The predicted octanol–water partition coefficient (Wildman–Crippen LogP) is 2.58. The molecule has 20 heavy (non-hydrogen) atoms. The molecule has 0 aromatic heterocycles. The second kappa shape index (κ2) is 7.02. The van der Waals surface area contributed by atoms with Crippen molar-refractivity contribution in [3.63, 3.8) is 0 Å². The van der Waals surface area contributed by atoms with E-state index in [0.717, 1.165) is 5.56 Å². The molecule has 1 saturated heterocycles. The Morgan fingerprint density at radius 3 is 2.75 bits per heavy atom. The Morgan fingerprint density at radius 1 is 1.40 bits per heavy atom. The van der Waals surface area contributed by atoms with Crippen LogP contribution >= 0.6 is 23.2 Å². The number of halogens is 3. The first-order valence-electron chi connectivity index (χ1n) is 6.05. The first-order chi connectivity index (χ1) is 9.52. The van der Waals surface area contributed by atoms with Gasteiger partial charge < -0.3 is 19.3 Å². The second-order valence-corrected chi connectivity index (χ2v) is 5.31. The van der Waals surface area contributed by atoms with Crippen molar-refractivity contribution < 1.29 is 23.7 Å². The molecular weight excluding hydrogens is 310 g/mol. The number of methoxy groups -OCH3 is 1. The van der Waals surface area contributed by atoms with Crippen LogP contribution in [0.3, 0.4) is 0 Å². The first kappa shape index (κ1) is 15.9. The summed E-state index contributed by atoms with van der Waals surface area (Å²) in [7, 11) is 1.34. The van der Waals surface area contributed by atoms with E-state index in [-0.39, 0.29) is 13.2 Å². The standard InChI is InChI=1S/C13H15Cl2FO4/c1-18-13-12(17)11(16)10(20-13)6-19-5-7-2-3-8(14)4-9(7)15/h2-4,10-13,17H,5-6H2,1H3/t10-,11-,12+,13+/m1/s1. The molecule has 7 heteroatoms. The highest BCUT2D eigenvalue weighted by atomic mass is 35.5. The van der Waals surface area contributed by atoms with E-state index < -0.39 is 24.7 Å². The molecule has 0 unspecified atom stereocenters. The Bertz CT molecular complexity index is 460.